The summed E-state index contributed by atoms with van der Waals surface area (Å²) in [6, 6.07) is -0.354. The Morgan fingerprint density at radius 3 is 2.78 bits per heavy atom. The summed E-state index contributed by atoms with van der Waals surface area (Å²) in [5, 5.41) is 3.15. The van der Waals surface area contributed by atoms with E-state index in [1.807, 2.05) is 11.8 Å². The first kappa shape index (κ1) is 14.9. The molecule has 0 aromatic carbocycles. The molecular formula is C12H23N3O3. The van der Waals surface area contributed by atoms with E-state index in [0.717, 1.165) is 6.54 Å². The van der Waals surface area contributed by atoms with E-state index in [2.05, 4.69) is 5.32 Å². The summed E-state index contributed by atoms with van der Waals surface area (Å²) in [5.41, 5.74) is 0. The van der Waals surface area contributed by atoms with E-state index >= 15 is 0 Å². The molecule has 6 heteroatoms. The van der Waals surface area contributed by atoms with Crippen LogP contribution in [0.2, 0.25) is 0 Å². The maximum Gasteiger partial charge on any atom is 0.324 e. The van der Waals surface area contributed by atoms with Crippen LogP contribution in [-0.4, -0.2) is 74.1 Å². The number of likely N-dealkylation sites (N-methyl/N-ethyl adjacent to an activating group) is 1. The summed E-state index contributed by atoms with van der Waals surface area (Å²) in [4.78, 5) is 27.2. The average Bonchev–Trinajstić information content (AvgIpc) is 2.38. The van der Waals surface area contributed by atoms with Crippen LogP contribution in [0.4, 0.5) is 0 Å². The van der Waals surface area contributed by atoms with Gasteiger partial charge in [0.15, 0.2) is 0 Å². The smallest absolute Gasteiger partial charge is 0.324 e. The highest BCUT2D eigenvalue weighted by molar-refractivity contribution is 5.80. The van der Waals surface area contributed by atoms with Gasteiger partial charge in [-0.05, 0) is 13.8 Å². The number of carbonyl (C=O) groups is 2. The predicted octanol–water partition coefficient (Wildman–Crippen LogP) is -0.698. The molecule has 1 rings (SSSR count). The molecule has 0 radical (unpaired) electrons. The van der Waals surface area contributed by atoms with Crippen molar-refractivity contribution in [1.29, 1.82) is 0 Å². The molecule has 1 unspecified atom stereocenters. The maximum atomic E-state index is 11.9. The molecule has 1 amide bonds. The third-order valence-corrected chi connectivity index (χ3v) is 3.15. The average molecular weight is 257 g/mol. The monoisotopic (exact) mass is 257 g/mol. The van der Waals surface area contributed by atoms with Gasteiger partial charge in [0.1, 0.15) is 6.04 Å². The molecule has 1 N–H and O–H groups in total. The van der Waals surface area contributed by atoms with Crippen LogP contribution < -0.4 is 5.32 Å². The largest absolute Gasteiger partial charge is 0.465 e. The van der Waals surface area contributed by atoms with Gasteiger partial charge in [0.2, 0.25) is 5.91 Å². The lowest BCUT2D eigenvalue weighted by molar-refractivity contribution is -0.151. The minimum atomic E-state index is -0.354. The number of ether oxygens (including phenoxy) is 1. The van der Waals surface area contributed by atoms with E-state index in [-0.39, 0.29) is 24.5 Å². The second kappa shape index (κ2) is 7.33. The molecule has 1 aliphatic heterocycles. The second-order valence-corrected chi connectivity index (χ2v) is 4.35. The molecule has 0 bridgehead atoms. The number of carbonyl (C=O) groups excluding carboxylic acids is 2. The Hall–Kier alpha value is -1.14. The summed E-state index contributed by atoms with van der Waals surface area (Å²) in [6.07, 6.45) is 0. The number of esters is 1. The first-order chi connectivity index (χ1) is 8.60. The predicted molar refractivity (Wildman–Crippen MR) is 68.2 cm³/mol. The van der Waals surface area contributed by atoms with Gasteiger partial charge in [-0.25, -0.2) is 0 Å². The molecule has 6 nitrogen and oxygen atoms in total. The zero-order valence-corrected chi connectivity index (χ0v) is 11.4. The minimum absolute atomic E-state index is 0.0358. The lowest BCUT2D eigenvalue weighted by atomic mass is 10.2. The van der Waals surface area contributed by atoms with Crippen molar-refractivity contribution in [2.45, 2.75) is 19.9 Å². The summed E-state index contributed by atoms with van der Waals surface area (Å²) in [5.74, 6) is -0.217. The summed E-state index contributed by atoms with van der Waals surface area (Å²) in [7, 11) is 1.77. The fourth-order valence-electron chi connectivity index (χ4n) is 1.88. The van der Waals surface area contributed by atoms with Crippen LogP contribution in [0.3, 0.4) is 0 Å². The Kier molecular flexibility index (Phi) is 6.07. The molecule has 0 saturated carbocycles. The van der Waals surface area contributed by atoms with E-state index in [1.54, 1.807) is 18.9 Å². The van der Waals surface area contributed by atoms with Crippen molar-refractivity contribution in [2.75, 3.05) is 46.4 Å². The molecule has 1 fully saturated rings. The summed E-state index contributed by atoms with van der Waals surface area (Å²) < 4.78 is 5.03. The fourth-order valence-corrected chi connectivity index (χ4v) is 1.88. The molecule has 0 aliphatic carbocycles. The van der Waals surface area contributed by atoms with Gasteiger partial charge in [0.25, 0.3) is 0 Å². The highest BCUT2D eigenvalue weighted by Gasteiger charge is 2.31. The first-order valence-electron chi connectivity index (χ1n) is 6.45. The number of nitrogens with one attached hydrogen (secondary N) is 1. The lowest BCUT2D eigenvalue weighted by Crippen LogP contribution is -2.57. The number of nitrogens with zero attached hydrogens (tertiary/aromatic N) is 2. The lowest BCUT2D eigenvalue weighted by Gasteiger charge is -2.34. The molecule has 1 heterocycles. The van der Waals surface area contributed by atoms with Crippen LogP contribution in [-0.2, 0) is 14.3 Å². The van der Waals surface area contributed by atoms with E-state index in [0.29, 0.717) is 26.2 Å². The highest BCUT2D eigenvalue weighted by atomic mass is 16.5. The molecule has 104 valence electrons. The van der Waals surface area contributed by atoms with E-state index < -0.39 is 0 Å². The van der Waals surface area contributed by atoms with Crippen LogP contribution >= 0.6 is 0 Å². The van der Waals surface area contributed by atoms with Gasteiger partial charge in [-0.2, -0.15) is 0 Å². The normalized spacial score (nSPS) is 20.5. The van der Waals surface area contributed by atoms with Crippen LogP contribution in [0.5, 0.6) is 0 Å². The van der Waals surface area contributed by atoms with Gasteiger partial charge in [-0.1, -0.05) is 0 Å². The molecule has 1 saturated heterocycles. The Morgan fingerprint density at radius 1 is 1.44 bits per heavy atom. The van der Waals surface area contributed by atoms with Gasteiger partial charge in [0, 0.05) is 33.2 Å². The highest BCUT2D eigenvalue weighted by Crippen LogP contribution is 2.06. The van der Waals surface area contributed by atoms with Crippen molar-refractivity contribution in [3.8, 4) is 0 Å². The third-order valence-electron chi connectivity index (χ3n) is 3.15. The van der Waals surface area contributed by atoms with Crippen molar-refractivity contribution in [2.24, 2.45) is 0 Å². The first-order valence-corrected chi connectivity index (χ1v) is 6.45. The molecule has 0 spiro atoms. The number of rotatable bonds is 5. The zero-order chi connectivity index (χ0) is 13.5. The van der Waals surface area contributed by atoms with Crippen molar-refractivity contribution < 1.29 is 14.3 Å². The third kappa shape index (κ3) is 3.96. The van der Waals surface area contributed by atoms with Crippen LogP contribution in [0.1, 0.15) is 13.8 Å². The molecule has 1 aliphatic rings. The fraction of sp³-hybridized carbons (Fsp3) is 0.833. The maximum absolute atomic E-state index is 11.9. The number of hydrogen-bond acceptors (Lipinski definition) is 5. The van der Waals surface area contributed by atoms with Crippen molar-refractivity contribution in [1.82, 2.24) is 15.1 Å². The van der Waals surface area contributed by atoms with Gasteiger partial charge in [0.05, 0.1) is 13.2 Å². The van der Waals surface area contributed by atoms with E-state index in [1.165, 1.54) is 0 Å². The van der Waals surface area contributed by atoms with E-state index in [4.69, 9.17) is 4.74 Å². The second-order valence-electron chi connectivity index (χ2n) is 4.35. The summed E-state index contributed by atoms with van der Waals surface area (Å²) in [6.45, 7) is 7.05. The Balaban J connectivity index is 2.59. The minimum Gasteiger partial charge on any atom is -0.465 e. The van der Waals surface area contributed by atoms with Gasteiger partial charge < -0.3 is 15.0 Å². The standard InChI is InChI=1S/C12H23N3O3/c1-4-14(3)11(16)9-15-7-6-13-8-10(15)12(17)18-5-2/h10,13H,4-9H2,1-3H3. The van der Waals surface area contributed by atoms with Crippen LogP contribution in [0.25, 0.3) is 0 Å². The topological polar surface area (TPSA) is 61.9 Å². The van der Waals surface area contributed by atoms with Crippen molar-refractivity contribution in [3.63, 3.8) is 0 Å². The molecule has 0 aromatic rings. The molecule has 1 atom stereocenters. The Bertz CT molecular complexity index is 296. The molecule has 0 aromatic heterocycles. The molecular weight excluding hydrogens is 234 g/mol. The quantitative estimate of drug-likeness (QED) is 0.660. The van der Waals surface area contributed by atoms with Crippen LogP contribution in [0.15, 0.2) is 0 Å². The van der Waals surface area contributed by atoms with Gasteiger partial charge in [-0.3, -0.25) is 14.5 Å². The van der Waals surface area contributed by atoms with Crippen LogP contribution in [0, 0.1) is 0 Å². The Labute approximate surface area is 108 Å². The van der Waals surface area contributed by atoms with Crippen molar-refractivity contribution >= 4 is 11.9 Å². The van der Waals surface area contributed by atoms with Crippen molar-refractivity contribution in [3.05, 3.63) is 0 Å². The number of piperazine rings is 1. The number of hydrogen-bond donors (Lipinski definition) is 1. The van der Waals surface area contributed by atoms with Gasteiger partial charge in [-0.15, -0.1) is 0 Å². The van der Waals surface area contributed by atoms with E-state index in [9.17, 15) is 9.59 Å². The Morgan fingerprint density at radius 2 is 2.17 bits per heavy atom. The molecule has 18 heavy (non-hydrogen) atoms. The zero-order valence-electron chi connectivity index (χ0n) is 11.4. The van der Waals surface area contributed by atoms with Gasteiger partial charge >= 0.3 is 5.97 Å². The number of amides is 1. The summed E-state index contributed by atoms with van der Waals surface area (Å²) >= 11 is 0. The SMILES string of the molecule is CCOC(=O)C1CNCCN1CC(=O)N(C)CC.